The second-order valence-electron chi connectivity index (χ2n) is 5.71. The maximum Gasteiger partial charge on any atom is 0.473 e. The van der Waals surface area contributed by atoms with Crippen molar-refractivity contribution in [2.75, 3.05) is 13.2 Å². The summed E-state index contributed by atoms with van der Waals surface area (Å²) in [6.07, 6.45) is 8.38. The lowest BCUT2D eigenvalue weighted by atomic mass is 10.1. The summed E-state index contributed by atoms with van der Waals surface area (Å²) >= 11 is 0. The van der Waals surface area contributed by atoms with Crippen molar-refractivity contribution in [3.05, 3.63) is 0 Å². The fourth-order valence-corrected chi connectivity index (χ4v) is 2.68. The highest BCUT2D eigenvalue weighted by Crippen LogP contribution is 2.43. The minimum Gasteiger partial charge on any atom is -0.302 e. The van der Waals surface area contributed by atoms with Gasteiger partial charge in [-0.1, -0.05) is 52.4 Å². The van der Waals surface area contributed by atoms with Crippen molar-refractivity contribution >= 4 is 19.4 Å². The minimum atomic E-state index is -4.33. The number of phosphoric ester groups is 1. The molecule has 7 heteroatoms. The zero-order chi connectivity index (χ0) is 17.6. The van der Waals surface area contributed by atoms with E-state index in [1.54, 1.807) is 0 Å². The molecule has 0 aliphatic rings. The predicted octanol–water partition coefficient (Wildman–Crippen LogP) is 4.20. The van der Waals surface area contributed by atoms with Gasteiger partial charge in [0.25, 0.3) is 0 Å². The molecule has 6 nitrogen and oxygen atoms in total. The first-order chi connectivity index (χ1) is 10.9. The van der Waals surface area contributed by atoms with Crippen molar-refractivity contribution < 1.29 is 28.1 Å². The summed E-state index contributed by atoms with van der Waals surface area (Å²) in [6, 6.07) is 0. The summed E-state index contributed by atoms with van der Waals surface area (Å²) in [7, 11) is -4.33. The monoisotopic (exact) mass is 350 g/mol. The van der Waals surface area contributed by atoms with Gasteiger partial charge >= 0.3 is 7.82 Å². The number of unbranched alkanes of at least 4 members (excludes halogenated alkanes) is 6. The highest BCUT2D eigenvalue weighted by molar-refractivity contribution is 7.47. The fourth-order valence-electron chi connectivity index (χ4n) is 1.99. The van der Waals surface area contributed by atoms with E-state index in [4.69, 9.17) is 0 Å². The van der Waals surface area contributed by atoms with Crippen molar-refractivity contribution in [1.82, 2.24) is 0 Å². The number of carbonyl (C=O) groups excluding carboxylic acids is 2. The Kier molecular flexibility index (Phi) is 13.5. The van der Waals surface area contributed by atoms with Crippen LogP contribution in [-0.2, 0) is 23.2 Å². The van der Waals surface area contributed by atoms with E-state index in [-0.39, 0.29) is 11.6 Å². The van der Waals surface area contributed by atoms with E-state index in [1.807, 2.05) is 0 Å². The Morgan fingerprint density at radius 2 is 1.17 bits per heavy atom. The van der Waals surface area contributed by atoms with Gasteiger partial charge in [0.1, 0.15) is 13.2 Å². The molecule has 1 N–H and O–H groups in total. The number of phosphoric acid groups is 1. The Balaban J connectivity index is 3.80. The van der Waals surface area contributed by atoms with Crippen molar-refractivity contribution in [3.63, 3.8) is 0 Å². The number of Topliss-reactive ketones (excluding diaryl/α,β-unsaturated/α-hetero) is 2. The van der Waals surface area contributed by atoms with Crippen molar-refractivity contribution in [2.45, 2.75) is 78.1 Å². The van der Waals surface area contributed by atoms with Gasteiger partial charge in [-0.3, -0.25) is 18.6 Å². The van der Waals surface area contributed by atoms with E-state index in [0.29, 0.717) is 12.8 Å². The molecule has 0 aliphatic heterocycles. The molecule has 0 aromatic carbocycles. The molecule has 0 amide bonds. The fraction of sp³-hybridized carbons (Fsp3) is 0.875. The third-order valence-corrected chi connectivity index (χ3v) is 4.31. The molecule has 0 saturated carbocycles. The molecule has 0 fully saturated rings. The first-order valence-corrected chi connectivity index (χ1v) is 10.1. The van der Waals surface area contributed by atoms with Gasteiger partial charge in [0.15, 0.2) is 11.6 Å². The summed E-state index contributed by atoms with van der Waals surface area (Å²) in [5.41, 5.74) is 0. The lowest BCUT2D eigenvalue weighted by Gasteiger charge is -2.11. The highest BCUT2D eigenvalue weighted by Gasteiger charge is 2.23. The van der Waals surface area contributed by atoms with Crippen molar-refractivity contribution in [2.24, 2.45) is 0 Å². The van der Waals surface area contributed by atoms with Gasteiger partial charge in [-0.05, 0) is 12.8 Å². The molecule has 0 radical (unpaired) electrons. The normalized spacial score (nSPS) is 11.6. The van der Waals surface area contributed by atoms with Crippen LogP contribution in [0, 0.1) is 0 Å². The first-order valence-electron chi connectivity index (χ1n) is 8.56. The molecule has 0 saturated heterocycles. The largest absolute Gasteiger partial charge is 0.473 e. The van der Waals surface area contributed by atoms with E-state index in [9.17, 15) is 19.0 Å². The van der Waals surface area contributed by atoms with Crippen molar-refractivity contribution in [3.8, 4) is 0 Å². The Bertz CT molecular complexity index is 351. The molecule has 23 heavy (non-hydrogen) atoms. The molecular weight excluding hydrogens is 319 g/mol. The molecule has 136 valence electrons. The molecule has 0 aromatic rings. The Labute approximate surface area is 139 Å². The van der Waals surface area contributed by atoms with Gasteiger partial charge in [-0.2, -0.15) is 0 Å². The first kappa shape index (κ1) is 22.4. The number of rotatable bonds is 16. The average molecular weight is 350 g/mol. The molecule has 0 unspecified atom stereocenters. The quantitative estimate of drug-likeness (QED) is 0.331. The second-order valence-corrected chi connectivity index (χ2v) is 7.17. The van der Waals surface area contributed by atoms with E-state index < -0.39 is 21.0 Å². The topological polar surface area (TPSA) is 89.9 Å². The van der Waals surface area contributed by atoms with E-state index in [0.717, 1.165) is 51.4 Å². The third-order valence-electron chi connectivity index (χ3n) is 3.40. The van der Waals surface area contributed by atoms with Gasteiger partial charge < -0.3 is 4.89 Å². The smallest absolute Gasteiger partial charge is 0.302 e. The molecule has 0 aliphatic carbocycles. The van der Waals surface area contributed by atoms with Gasteiger partial charge in [0, 0.05) is 12.8 Å². The van der Waals surface area contributed by atoms with Crippen LogP contribution < -0.4 is 0 Å². The molecular formula is C16H31O6P. The van der Waals surface area contributed by atoms with E-state index >= 15 is 0 Å². The summed E-state index contributed by atoms with van der Waals surface area (Å²) in [5.74, 6) is -0.463. The Morgan fingerprint density at radius 1 is 0.783 bits per heavy atom. The Hall–Kier alpha value is -0.550. The number of ketones is 2. The van der Waals surface area contributed by atoms with Gasteiger partial charge in [0.2, 0.25) is 0 Å². The highest BCUT2D eigenvalue weighted by atomic mass is 31.2. The summed E-state index contributed by atoms with van der Waals surface area (Å²) in [5, 5.41) is 0. The molecule has 0 atom stereocenters. The van der Waals surface area contributed by atoms with Crippen LogP contribution in [0.15, 0.2) is 0 Å². The maximum atomic E-state index is 11.6. The molecule has 0 spiro atoms. The molecule has 0 aromatic heterocycles. The molecule has 0 bridgehead atoms. The van der Waals surface area contributed by atoms with Crippen LogP contribution in [0.5, 0.6) is 0 Å². The predicted molar refractivity (Wildman–Crippen MR) is 89.3 cm³/mol. The SMILES string of the molecule is CCCCCCC(=O)COP(=O)(O)OCC(=O)CCCCCC. The van der Waals surface area contributed by atoms with Gasteiger partial charge in [-0.25, -0.2) is 4.57 Å². The molecule has 0 heterocycles. The minimum absolute atomic E-state index is 0.232. The molecule has 0 rings (SSSR count). The summed E-state index contributed by atoms with van der Waals surface area (Å²) in [6.45, 7) is 3.25. The summed E-state index contributed by atoms with van der Waals surface area (Å²) in [4.78, 5) is 32.5. The van der Waals surface area contributed by atoms with Crippen LogP contribution in [0.3, 0.4) is 0 Å². The lowest BCUT2D eigenvalue weighted by molar-refractivity contribution is -0.122. The van der Waals surface area contributed by atoms with E-state index in [2.05, 4.69) is 22.9 Å². The number of carbonyl (C=O) groups is 2. The maximum absolute atomic E-state index is 11.6. The number of hydrogen-bond donors (Lipinski definition) is 1. The van der Waals surface area contributed by atoms with Crippen LogP contribution in [0.4, 0.5) is 0 Å². The van der Waals surface area contributed by atoms with Crippen LogP contribution in [0.25, 0.3) is 0 Å². The zero-order valence-electron chi connectivity index (χ0n) is 14.4. The zero-order valence-corrected chi connectivity index (χ0v) is 15.3. The van der Waals surface area contributed by atoms with Crippen LogP contribution in [-0.4, -0.2) is 29.7 Å². The lowest BCUT2D eigenvalue weighted by Crippen LogP contribution is -2.11. The number of hydrogen-bond acceptors (Lipinski definition) is 5. The van der Waals surface area contributed by atoms with E-state index in [1.165, 1.54) is 0 Å². The third kappa shape index (κ3) is 14.8. The van der Waals surface area contributed by atoms with Gasteiger partial charge in [-0.15, -0.1) is 0 Å². The van der Waals surface area contributed by atoms with Crippen LogP contribution >= 0.6 is 7.82 Å². The van der Waals surface area contributed by atoms with Gasteiger partial charge in [0.05, 0.1) is 0 Å². The van der Waals surface area contributed by atoms with Crippen LogP contribution in [0.1, 0.15) is 78.1 Å². The Morgan fingerprint density at radius 3 is 1.52 bits per heavy atom. The van der Waals surface area contributed by atoms with Crippen molar-refractivity contribution in [1.29, 1.82) is 0 Å². The summed E-state index contributed by atoms with van der Waals surface area (Å²) < 4.78 is 20.8. The standard InChI is InChI=1S/C16H31O6P/c1-3-5-7-9-11-15(17)13-21-23(19,20)22-14-16(18)12-10-8-6-4-2/h3-14H2,1-2H3,(H,19,20). The average Bonchev–Trinajstić information content (AvgIpc) is 2.52. The van der Waals surface area contributed by atoms with Crippen LogP contribution in [0.2, 0.25) is 0 Å². The second kappa shape index (κ2) is 13.8.